The van der Waals surface area contributed by atoms with Gasteiger partial charge in [-0.25, -0.2) is 15.0 Å². The second kappa shape index (κ2) is 12.3. The Kier molecular flexibility index (Phi) is 6.83. The van der Waals surface area contributed by atoms with E-state index in [-0.39, 0.29) is 0 Å². The second-order valence-electron chi connectivity index (χ2n) is 14.5. The summed E-state index contributed by atoms with van der Waals surface area (Å²) >= 11 is 0. The van der Waals surface area contributed by atoms with Crippen molar-refractivity contribution in [3.05, 3.63) is 188 Å². The molecule has 6 heteroatoms. The zero-order chi connectivity index (χ0) is 37.5. The molecule has 0 amide bonds. The molecule has 0 aliphatic carbocycles. The van der Waals surface area contributed by atoms with Crippen molar-refractivity contribution in [3.8, 4) is 45.5 Å². The first-order valence-corrected chi connectivity index (χ1v) is 19.1. The van der Waals surface area contributed by atoms with Gasteiger partial charge in [0.1, 0.15) is 11.2 Å². The summed E-state index contributed by atoms with van der Waals surface area (Å²) in [5.41, 5.74) is 11.1. The molecule has 0 fully saturated rings. The summed E-state index contributed by atoms with van der Waals surface area (Å²) in [6.45, 7) is 0. The van der Waals surface area contributed by atoms with Crippen LogP contribution >= 0.6 is 0 Å². The van der Waals surface area contributed by atoms with Crippen LogP contribution in [0.2, 0.25) is 0 Å². The predicted molar refractivity (Wildman–Crippen MR) is 232 cm³/mol. The lowest BCUT2D eigenvalue weighted by atomic mass is 10.1. The zero-order valence-corrected chi connectivity index (χ0v) is 30.5. The SMILES string of the molecule is c1ccc(-c2nc(-c3ccccc3)nc(-c3cccc(-n4c5cc6oc7ccccc7c6cc5c5cc6c7ccccc7n(-c7ccccc7)c6cc54)c3)n2)cc1. The standard InChI is InChI=1S/C51H31N5O/c1-4-15-32(16-5-1)49-52-50(33-17-6-2-7-18-33)54-51(53-49)34-19-14-22-36(27-34)56-45-30-44-39(37-23-10-12-25-43(37)55(44)35-20-8-3-9-21-35)28-40(45)41-29-42-38-24-11-13-26-47(38)57-48(42)31-46(41)56/h1-31H. The summed E-state index contributed by atoms with van der Waals surface area (Å²) in [4.78, 5) is 15.1. The van der Waals surface area contributed by atoms with Gasteiger partial charge in [-0.15, -0.1) is 0 Å². The molecule has 6 nitrogen and oxygen atoms in total. The number of hydrogen-bond donors (Lipinski definition) is 0. The van der Waals surface area contributed by atoms with E-state index < -0.39 is 0 Å². The Morgan fingerprint density at radius 2 is 0.789 bits per heavy atom. The average Bonchev–Trinajstić information content (AvgIpc) is 3.92. The Balaban J connectivity index is 1.15. The minimum Gasteiger partial charge on any atom is -0.456 e. The van der Waals surface area contributed by atoms with E-state index in [1.54, 1.807) is 0 Å². The van der Waals surface area contributed by atoms with Crippen molar-refractivity contribution in [2.45, 2.75) is 0 Å². The molecule has 12 rings (SSSR count). The van der Waals surface area contributed by atoms with E-state index in [2.05, 4.69) is 124 Å². The van der Waals surface area contributed by atoms with Crippen LogP contribution in [-0.4, -0.2) is 24.1 Å². The van der Waals surface area contributed by atoms with Crippen LogP contribution in [0.4, 0.5) is 0 Å². The fraction of sp³-hybridized carbons (Fsp3) is 0. The molecule has 0 bridgehead atoms. The molecule has 0 saturated heterocycles. The highest BCUT2D eigenvalue weighted by Gasteiger charge is 2.21. The number of furan rings is 1. The first kappa shape index (κ1) is 31.5. The third kappa shape index (κ3) is 4.94. The maximum atomic E-state index is 6.50. The molecule has 0 radical (unpaired) electrons. The van der Waals surface area contributed by atoms with Crippen molar-refractivity contribution in [3.63, 3.8) is 0 Å². The van der Waals surface area contributed by atoms with Gasteiger partial charge < -0.3 is 13.6 Å². The van der Waals surface area contributed by atoms with Crippen LogP contribution in [0.15, 0.2) is 192 Å². The van der Waals surface area contributed by atoms with Crippen LogP contribution in [0, 0.1) is 0 Å². The Bertz CT molecular complexity index is 3450. The van der Waals surface area contributed by atoms with Crippen molar-refractivity contribution in [1.29, 1.82) is 0 Å². The minimum absolute atomic E-state index is 0.608. The number of benzene rings is 8. The van der Waals surface area contributed by atoms with Crippen LogP contribution in [0.25, 0.3) is 111 Å². The van der Waals surface area contributed by atoms with Gasteiger partial charge in [-0.1, -0.05) is 127 Å². The maximum absolute atomic E-state index is 6.50. The van der Waals surface area contributed by atoms with Gasteiger partial charge in [0, 0.05) is 66.4 Å². The molecule has 0 unspecified atom stereocenters. The van der Waals surface area contributed by atoms with Gasteiger partial charge in [0.15, 0.2) is 17.5 Å². The Morgan fingerprint density at radius 3 is 1.49 bits per heavy atom. The van der Waals surface area contributed by atoms with Crippen LogP contribution < -0.4 is 0 Å². The first-order chi connectivity index (χ1) is 28.2. The molecule has 0 aliphatic heterocycles. The summed E-state index contributed by atoms with van der Waals surface area (Å²) in [6.07, 6.45) is 0. The monoisotopic (exact) mass is 729 g/mol. The van der Waals surface area contributed by atoms with E-state index in [1.807, 2.05) is 72.8 Å². The first-order valence-electron chi connectivity index (χ1n) is 19.1. The average molecular weight is 730 g/mol. The summed E-state index contributed by atoms with van der Waals surface area (Å²) in [5.74, 6) is 1.87. The zero-order valence-electron chi connectivity index (χ0n) is 30.5. The Morgan fingerprint density at radius 1 is 0.298 bits per heavy atom. The van der Waals surface area contributed by atoms with E-state index in [0.717, 1.165) is 71.9 Å². The number of fused-ring (bicyclic) bond motifs is 9. The Labute approximate surface area is 326 Å². The molecule has 266 valence electrons. The summed E-state index contributed by atoms with van der Waals surface area (Å²) in [6, 6.07) is 65.6. The number of nitrogens with zero attached hydrogens (tertiary/aromatic N) is 5. The lowest BCUT2D eigenvalue weighted by Crippen LogP contribution is -2.01. The maximum Gasteiger partial charge on any atom is 0.164 e. The molecule has 12 aromatic rings. The third-order valence-electron chi connectivity index (χ3n) is 11.1. The highest BCUT2D eigenvalue weighted by Crippen LogP contribution is 2.42. The molecule has 57 heavy (non-hydrogen) atoms. The Hall–Kier alpha value is -7.83. The molecule has 0 atom stereocenters. The third-order valence-corrected chi connectivity index (χ3v) is 11.1. The van der Waals surface area contributed by atoms with E-state index in [9.17, 15) is 0 Å². The summed E-state index contributed by atoms with van der Waals surface area (Å²) < 4.78 is 11.2. The summed E-state index contributed by atoms with van der Waals surface area (Å²) in [7, 11) is 0. The van der Waals surface area contributed by atoms with Gasteiger partial charge in [0.05, 0.1) is 22.1 Å². The van der Waals surface area contributed by atoms with Gasteiger partial charge in [0.25, 0.3) is 0 Å². The van der Waals surface area contributed by atoms with Crippen molar-refractivity contribution in [2.75, 3.05) is 0 Å². The second-order valence-corrected chi connectivity index (χ2v) is 14.5. The van der Waals surface area contributed by atoms with E-state index in [0.29, 0.717) is 17.5 Å². The van der Waals surface area contributed by atoms with Crippen molar-refractivity contribution >= 4 is 65.6 Å². The largest absolute Gasteiger partial charge is 0.456 e. The molecule has 4 heterocycles. The van der Waals surface area contributed by atoms with Crippen molar-refractivity contribution in [2.24, 2.45) is 0 Å². The number of para-hydroxylation sites is 3. The number of hydrogen-bond acceptors (Lipinski definition) is 4. The van der Waals surface area contributed by atoms with E-state index in [1.165, 1.54) is 21.7 Å². The fourth-order valence-corrected chi connectivity index (χ4v) is 8.55. The normalized spacial score (nSPS) is 11.9. The molecular formula is C51H31N5O. The summed E-state index contributed by atoms with van der Waals surface area (Å²) in [5, 5.41) is 6.96. The molecule has 0 saturated carbocycles. The number of rotatable bonds is 5. The van der Waals surface area contributed by atoms with Crippen molar-refractivity contribution in [1.82, 2.24) is 24.1 Å². The van der Waals surface area contributed by atoms with E-state index >= 15 is 0 Å². The van der Waals surface area contributed by atoms with Crippen LogP contribution in [-0.2, 0) is 0 Å². The molecule has 0 spiro atoms. The molecule has 0 N–H and O–H groups in total. The fourth-order valence-electron chi connectivity index (χ4n) is 8.55. The predicted octanol–water partition coefficient (Wildman–Crippen LogP) is 13.0. The molecular weight excluding hydrogens is 699 g/mol. The van der Waals surface area contributed by atoms with Crippen molar-refractivity contribution < 1.29 is 4.42 Å². The van der Waals surface area contributed by atoms with E-state index in [4.69, 9.17) is 19.4 Å². The number of aromatic nitrogens is 5. The molecule has 8 aromatic carbocycles. The van der Waals surface area contributed by atoms with Crippen LogP contribution in [0.3, 0.4) is 0 Å². The molecule has 4 aromatic heterocycles. The lowest BCUT2D eigenvalue weighted by Gasteiger charge is -2.12. The highest BCUT2D eigenvalue weighted by molar-refractivity contribution is 6.22. The molecule has 0 aliphatic rings. The smallest absolute Gasteiger partial charge is 0.164 e. The topological polar surface area (TPSA) is 61.7 Å². The van der Waals surface area contributed by atoms with Gasteiger partial charge in [-0.05, 0) is 54.6 Å². The van der Waals surface area contributed by atoms with Gasteiger partial charge >= 0.3 is 0 Å². The van der Waals surface area contributed by atoms with Gasteiger partial charge in [-0.3, -0.25) is 0 Å². The van der Waals surface area contributed by atoms with Gasteiger partial charge in [-0.2, -0.15) is 0 Å². The lowest BCUT2D eigenvalue weighted by molar-refractivity contribution is 0.669. The minimum atomic E-state index is 0.608. The quantitative estimate of drug-likeness (QED) is 0.177. The highest BCUT2D eigenvalue weighted by atomic mass is 16.3. The van der Waals surface area contributed by atoms with Crippen LogP contribution in [0.1, 0.15) is 0 Å². The van der Waals surface area contributed by atoms with Crippen LogP contribution in [0.5, 0.6) is 0 Å². The van der Waals surface area contributed by atoms with Gasteiger partial charge in [0.2, 0.25) is 0 Å².